The van der Waals surface area contributed by atoms with Gasteiger partial charge in [0.1, 0.15) is 33.5 Å². The minimum absolute atomic E-state index is 0.0113. The van der Waals surface area contributed by atoms with E-state index in [1.165, 1.54) is 13.4 Å². The maximum Gasteiger partial charge on any atom is 0.246 e. The lowest BCUT2D eigenvalue weighted by Gasteiger charge is -2.47. The molecular weight excluding hydrogens is 649 g/mol. The van der Waals surface area contributed by atoms with Crippen molar-refractivity contribution in [2.75, 3.05) is 81.1 Å². The number of halogens is 1. The van der Waals surface area contributed by atoms with Crippen molar-refractivity contribution in [1.82, 2.24) is 29.7 Å². The van der Waals surface area contributed by atoms with Crippen LogP contribution in [-0.4, -0.2) is 128 Å². The number of ether oxygens (including phenoxy) is 1. The van der Waals surface area contributed by atoms with Gasteiger partial charge < -0.3 is 29.7 Å². The van der Waals surface area contributed by atoms with Gasteiger partial charge in [0.2, 0.25) is 11.9 Å². The van der Waals surface area contributed by atoms with Gasteiger partial charge in [0.15, 0.2) is 0 Å². The van der Waals surface area contributed by atoms with Crippen molar-refractivity contribution in [3.05, 3.63) is 48.4 Å². The molecule has 0 radical (unpaired) electrons. The number of alkyl halides is 1. The third kappa shape index (κ3) is 7.78. The number of hydrogen-bond donors (Lipinski definition) is 1. The van der Waals surface area contributed by atoms with Gasteiger partial charge in [-0.25, -0.2) is 27.8 Å². The van der Waals surface area contributed by atoms with Gasteiger partial charge >= 0.3 is 0 Å². The lowest BCUT2D eigenvalue weighted by atomic mass is 9.90. The van der Waals surface area contributed by atoms with E-state index in [1.54, 1.807) is 24.5 Å². The Balaban J connectivity index is 1.32. The summed E-state index contributed by atoms with van der Waals surface area (Å²) >= 11 is 0. The molecule has 3 aromatic rings. The second kappa shape index (κ2) is 14.5. The summed E-state index contributed by atoms with van der Waals surface area (Å²) in [7, 11) is 2.34. The van der Waals surface area contributed by atoms with E-state index in [1.807, 2.05) is 54.1 Å². The molecule has 6 rings (SSSR count). The summed E-state index contributed by atoms with van der Waals surface area (Å²) in [5.41, 5.74) is 0.926. The van der Waals surface area contributed by atoms with Gasteiger partial charge in [-0.3, -0.25) is 4.79 Å². The van der Waals surface area contributed by atoms with Crippen LogP contribution in [0.2, 0.25) is 0 Å². The first kappa shape index (κ1) is 34.9. The molecule has 0 spiro atoms. The third-order valence-corrected chi connectivity index (χ3v) is 10.8. The molecule has 1 amide bonds. The number of sulfone groups is 1. The lowest BCUT2D eigenvalue weighted by molar-refractivity contribution is -0.126. The molecule has 5 atom stereocenters. The number of piperidine rings is 1. The van der Waals surface area contributed by atoms with Crippen molar-refractivity contribution in [1.29, 1.82) is 0 Å². The fourth-order valence-corrected chi connectivity index (χ4v) is 8.26. The van der Waals surface area contributed by atoms with Crippen LogP contribution in [0.1, 0.15) is 37.8 Å². The first-order chi connectivity index (χ1) is 23.4. The highest BCUT2D eigenvalue weighted by Crippen LogP contribution is 2.41. The highest BCUT2D eigenvalue weighted by Gasteiger charge is 2.40. The fraction of sp³-hybridized carbons (Fsp3) is 0.559. The van der Waals surface area contributed by atoms with Crippen molar-refractivity contribution in [3.63, 3.8) is 0 Å². The van der Waals surface area contributed by atoms with Crippen LogP contribution in [0, 0.1) is 5.92 Å². The Kier molecular flexibility index (Phi) is 10.3. The van der Waals surface area contributed by atoms with E-state index >= 15 is 0 Å². The molecule has 0 saturated carbocycles. The van der Waals surface area contributed by atoms with Gasteiger partial charge in [-0.2, -0.15) is 4.98 Å². The second-order valence-electron chi connectivity index (χ2n) is 13.6. The number of carbonyl (C=O) groups is 1. The van der Waals surface area contributed by atoms with E-state index in [-0.39, 0.29) is 36.2 Å². The number of methoxy groups -OCH3 is 1. The van der Waals surface area contributed by atoms with Crippen molar-refractivity contribution in [3.8, 4) is 0 Å². The third-order valence-electron chi connectivity index (χ3n) is 9.77. The minimum Gasteiger partial charge on any atom is -0.378 e. The van der Waals surface area contributed by atoms with E-state index in [2.05, 4.69) is 20.2 Å². The highest BCUT2D eigenvalue weighted by atomic mass is 32.2. The van der Waals surface area contributed by atoms with Crippen LogP contribution in [0.4, 0.5) is 27.8 Å². The Bertz CT molecular complexity index is 1810. The van der Waals surface area contributed by atoms with Crippen LogP contribution >= 0.6 is 0 Å². The Labute approximate surface area is 287 Å². The zero-order valence-corrected chi connectivity index (χ0v) is 29.6. The molecule has 6 heterocycles. The number of carbonyl (C=O) groups excluding carboxylic acids is 1. The molecule has 1 N–H and O–H groups in total. The summed E-state index contributed by atoms with van der Waals surface area (Å²) in [5, 5.41) is 5.04. The Morgan fingerprint density at radius 3 is 2.65 bits per heavy atom. The van der Waals surface area contributed by atoms with E-state index in [0.717, 1.165) is 35.0 Å². The van der Waals surface area contributed by atoms with E-state index < -0.39 is 22.1 Å². The van der Waals surface area contributed by atoms with Crippen molar-refractivity contribution in [2.24, 2.45) is 5.92 Å². The molecular formula is C34H46FN9O4S. The highest BCUT2D eigenvalue weighted by molar-refractivity contribution is 7.90. The standard InChI is InChI=1S/C34H46FN9O4S/c1-22-23(21-49(5,46)47)19-44(22)33-26-18-37-31(39-30-10-12-36-34(40-30)42-15-11-29(48-4)27(35)20-42)16-24(26)25(17-38-33)28-8-6-14-43(28)32(45)9-7-13-41(2)3/h7,9-10,12,16-18,22-23,27-29H,6,8,11,13-15,19-21H2,1-5H3,(H,36,37,39,40)/b9-7+/t22-,23-,27+,28?,29-/m1/s1. The van der Waals surface area contributed by atoms with Gasteiger partial charge in [-0.15, -0.1) is 0 Å². The van der Waals surface area contributed by atoms with Crippen LogP contribution in [-0.2, 0) is 19.4 Å². The largest absolute Gasteiger partial charge is 0.378 e. The smallest absolute Gasteiger partial charge is 0.246 e. The zero-order chi connectivity index (χ0) is 34.9. The first-order valence-corrected chi connectivity index (χ1v) is 18.8. The van der Waals surface area contributed by atoms with Gasteiger partial charge in [0.05, 0.1) is 24.4 Å². The summed E-state index contributed by atoms with van der Waals surface area (Å²) < 4.78 is 44.0. The molecule has 264 valence electrons. The van der Waals surface area contributed by atoms with Crippen LogP contribution < -0.4 is 15.1 Å². The lowest BCUT2D eigenvalue weighted by Crippen LogP contribution is -2.57. The number of rotatable bonds is 11. The van der Waals surface area contributed by atoms with Crippen LogP contribution in [0.15, 0.2) is 42.9 Å². The number of pyridine rings is 2. The number of aromatic nitrogens is 4. The van der Waals surface area contributed by atoms with E-state index in [4.69, 9.17) is 14.7 Å². The number of amides is 1. The topological polar surface area (TPSA) is 137 Å². The minimum atomic E-state index is -3.11. The van der Waals surface area contributed by atoms with Gasteiger partial charge in [0.25, 0.3) is 0 Å². The number of hydrogen-bond acceptors (Lipinski definition) is 12. The summed E-state index contributed by atoms with van der Waals surface area (Å²) in [6, 6.07) is 3.51. The molecule has 3 aromatic heterocycles. The molecule has 0 aromatic carbocycles. The Morgan fingerprint density at radius 2 is 1.94 bits per heavy atom. The first-order valence-electron chi connectivity index (χ1n) is 16.8. The average molecular weight is 696 g/mol. The molecule has 13 nitrogen and oxygen atoms in total. The molecule has 0 bridgehead atoms. The maximum absolute atomic E-state index is 14.6. The summed E-state index contributed by atoms with van der Waals surface area (Å²) in [4.78, 5) is 39.9. The molecule has 3 fully saturated rings. The maximum atomic E-state index is 14.6. The number of likely N-dealkylation sites (N-methyl/N-ethyl adjacent to an activating group) is 1. The number of likely N-dealkylation sites (tertiary alicyclic amines) is 1. The van der Waals surface area contributed by atoms with E-state index in [0.29, 0.717) is 50.2 Å². The molecule has 3 aliphatic heterocycles. The Hall–Kier alpha value is -3.95. The summed E-state index contributed by atoms with van der Waals surface area (Å²) in [6.07, 6.45) is 10.7. The molecule has 3 saturated heterocycles. The molecule has 49 heavy (non-hydrogen) atoms. The fourth-order valence-electron chi connectivity index (χ4n) is 7.10. The molecule has 1 unspecified atom stereocenters. The van der Waals surface area contributed by atoms with Crippen LogP contribution in [0.3, 0.4) is 0 Å². The number of nitrogens with zero attached hydrogens (tertiary/aromatic N) is 8. The van der Waals surface area contributed by atoms with Crippen molar-refractivity contribution < 1.29 is 22.3 Å². The van der Waals surface area contributed by atoms with Crippen molar-refractivity contribution >= 4 is 49.9 Å². The normalized spacial score (nSPS) is 24.6. The number of nitrogens with one attached hydrogen (secondary N) is 1. The summed E-state index contributed by atoms with van der Waals surface area (Å²) in [5.74, 6) is 2.33. The summed E-state index contributed by atoms with van der Waals surface area (Å²) in [6.45, 7) is 4.65. The van der Waals surface area contributed by atoms with Gasteiger partial charge in [-0.05, 0) is 57.8 Å². The average Bonchev–Trinajstić information content (AvgIpc) is 3.55. The molecule has 0 aliphatic carbocycles. The van der Waals surface area contributed by atoms with Crippen LogP contribution in [0.5, 0.6) is 0 Å². The molecule has 3 aliphatic rings. The van der Waals surface area contributed by atoms with Crippen LogP contribution in [0.25, 0.3) is 10.8 Å². The number of fused-ring (bicyclic) bond motifs is 1. The Morgan fingerprint density at radius 1 is 1.12 bits per heavy atom. The second-order valence-corrected chi connectivity index (χ2v) is 15.8. The predicted molar refractivity (Wildman–Crippen MR) is 189 cm³/mol. The molecule has 15 heteroatoms. The van der Waals surface area contributed by atoms with Gasteiger partial charge in [0, 0.05) is 87.1 Å². The number of anilines is 4. The van der Waals surface area contributed by atoms with Gasteiger partial charge in [-0.1, -0.05) is 6.08 Å². The zero-order valence-electron chi connectivity index (χ0n) is 28.8. The van der Waals surface area contributed by atoms with E-state index in [9.17, 15) is 17.6 Å². The SMILES string of the molecule is CO[C@@H]1CCN(c2nccc(Nc3cc4c(C5CCCN5C(=O)/C=C/CN(C)C)cnc(N5C[C@H](CS(C)(=O)=O)[C@H]5C)c4cn3)n2)C[C@@H]1F. The quantitative estimate of drug-likeness (QED) is 0.295. The predicted octanol–water partition coefficient (Wildman–Crippen LogP) is 3.38. The van der Waals surface area contributed by atoms with Crippen molar-refractivity contribution in [2.45, 2.75) is 50.5 Å². The monoisotopic (exact) mass is 695 g/mol.